The summed E-state index contributed by atoms with van der Waals surface area (Å²) in [4.78, 5) is 12.5. The molecule has 5 rings (SSSR count). The van der Waals surface area contributed by atoms with E-state index in [1.54, 1.807) is 72.8 Å². The van der Waals surface area contributed by atoms with Crippen LogP contribution in [-0.2, 0) is 0 Å². The van der Waals surface area contributed by atoms with Crippen LogP contribution >= 0.6 is 0 Å². The second kappa shape index (κ2) is 13.3. The molecule has 0 bridgehead atoms. The summed E-state index contributed by atoms with van der Waals surface area (Å²) in [5.41, 5.74) is 14.5. The number of aromatic carboxylic acids is 1. The molecule has 0 heterocycles. The number of benzene rings is 5. The Bertz CT molecular complexity index is 1840. The number of carboxylic acids is 1. The van der Waals surface area contributed by atoms with Crippen molar-refractivity contribution in [2.75, 3.05) is 11.5 Å². The highest BCUT2D eigenvalue weighted by Crippen LogP contribution is 2.49. The van der Waals surface area contributed by atoms with E-state index in [0.717, 1.165) is 0 Å². The first-order chi connectivity index (χ1) is 21.0. The Morgan fingerprint density at radius 1 is 0.419 bits per heavy atom. The van der Waals surface area contributed by atoms with Crippen molar-refractivity contribution in [3.05, 3.63) is 121 Å². The molecule has 5 N–H and O–H groups in total. The smallest absolute Gasteiger partial charge is 0.340 e. The van der Waals surface area contributed by atoms with Gasteiger partial charge in [-0.1, -0.05) is 54.6 Å². The molecule has 12 heteroatoms. The SMILES string of the molecule is Nc1c(N=Nc2ccccc2)c(N)c(N=Nc2ccc(N=Nc3ccccc3)cc2)c(C(=O)O)c1N=Nc1ccccc1. The van der Waals surface area contributed by atoms with Crippen LogP contribution in [0.3, 0.4) is 0 Å². The van der Waals surface area contributed by atoms with Gasteiger partial charge in [-0.25, -0.2) is 4.79 Å². The maximum absolute atomic E-state index is 12.5. The molecule has 0 atom stereocenters. The number of rotatable bonds is 9. The van der Waals surface area contributed by atoms with Gasteiger partial charge in [0.25, 0.3) is 0 Å². The lowest BCUT2D eigenvalue weighted by atomic mass is 10.1. The fourth-order valence-corrected chi connectivity index (χ4v) is 3.78. The van der Waals surface area contributed by atoms with Crippen LogP contribution in [0.25, 0.3) is 0 Å². The summed E-state index contributed by atoms with van der Waals surface area (Å²) in [6.45, 7) is 0. The number of hydrogen-bond acceptors (Lipinski definition) is 11. The van der Waals surface area contributed by atoms with Gasteiger partial charge in [-0.15, -0.1) is 15.3 Å². The number of azo groups is 4. The number of nitrogen functional groups attached to an aromatic ring is 2. The van der Waals surface area contributed by atoms with Gasteiger partial charge in [0.2, 0.25) is 0 Å². The molecule has 210 valence electrons. The topological polar surface area (TPSA) is 188 Å². The first kappa shape index (κ1) is 28.1. The minimum atomic E-state index is -1.38. The highest BCUT2D eigenvalue weighted by molar-refractivity contribution is 6.09. The summed E-state index contributed by atoms with van der Waals surface area (Å²) in [7, 11) is 0. The lowest BCUT2D eigenvalue weighted by molar-refractivity contribution is 0.0698. The van der Waals surface area contributed by atoms with Gasteiger partial charge in [0.05, 0.1) is 39.8 Å². The standard InChI is InChI=1S/C31H24N10O2/c32-26-28(39-36-21-12-6-2-7-13-21)25(31(42)43)29(27(33)30(26)41-37-22-14-8-3-9-15-22)40-38-24-18-16-23(17-19-24)35-34-20-10-4-1-5-11-20/h1-19H,32-33H2,(H,42,43). The summed E-state index contributed by atoms with van der Waals surface area (Å²) in [5.74, 6) is -1.38. The van der Waals surface area contributed by atoms with E-state index < -0.39 is 5.97 Å². The van der Waals surface area contributed by atoms with E-state index in [9.17, 15) is 9.90 Å². The molecule has 0 aromatic heterocycles. The van der Waals surface area contributed by atoms with E-state index in [2.05, 4.69) is 40.9 Å². The van der Waals surface area contributed by atoms with Crippen molar-refractivity contribution >= 4 is 62.8 Å². The molecule has 43 heavy (non-hydrogen) atoms. The molecular formula is C31H24N10O2. The summed E-state index contributed by atoms with van der Waals surface area (Å²) in [5, 5.41) is 43.7. The molecule has 0 unspecified atom stereocenters. The monoisotopic (exact) mass is 568 g/mol. The number of anilines is 2. The Labute approximate surface area is 245 Å². The van der Waals surface area contributed by atoms with Crippen molar-refractivity contribution in [1.29, 1.82) is 0 Å². The number of carboxylic acid groups (broad SMARTS) is 1. The zero-order valence-corrected chi connectivity index (χ0v) is 22.6. The summed E-state index contributed by atoms with van der Waals surface area (Å²) in [6, 6.07) is 33.7. The van der Waals surface area contributed by atoms with E-state index >= 15 is 0 Å². The van der Waals surface area contributed by atoms with Crippen molar-refractivity contribution in [2.24, 2.45) is 40.9 Å². The number of hydrogen-bond donors (Lipinski definition) is 3. The summed E-state index contributed by atoms with van der Waals surface area (Å²) >= 11 is 0. The molecular weight excluding hydrogens is 544 g/mol. The van der Waals surface area contributed by atoms with Crippen molar-refractivity contribution in [1.82, 2.24) is 0 Å². The van der Waals surface area contributed by atoms with Crippen LogP contribution in [-0.4, -0.2) is 11.1 Å². The van der Waals surface area contributed by atoms with Crippen LogP contribution in [0, 0.1) is 0 Å². The third-order valence-electron chi connectivity index (χ3n) is 5.90. The molecule has 0 aliphatic heterocycles. The van der Waals surface area contributed by atoms with Crippen molar-refractivity contribution < 1.29 is 9.90 Å². The Balaban J connectivity index is 1.55. The van der Waals surface area contributed by atoms with Crippen molar-refractivity contribution in [3.63, 3.8) is 0 Å². The molecule has 5 aromatic rings. The Morgan fingerprint density at radius 3 is 1.02 bits per heavy atom. The summed E-state index contributed by atoms with van der Waals surface area (Å²) in [6.07, 6.45) is 0. The third-order valence-corrected chi connectivity index (χ3v) is 5.90. The molecule has 0 aliphatic rings. The zero-order chi connectivity index (χ0) is 30.0. The van der Waals surface area contributed by atoms with Gasteiger partial charge in [0.15, 0.2) is 0 Å². The second-order valence-corrected chi connectivity index (χ2v) is 8.88. The van der Waals surface area contributed by atoms with Gasteiger partial charge in [-0.2, -0.15) is 25.6 Å². The number of nitrogens with zero attached hydrogens (tertiary/aromatic N) is 8. The predicted octanol–water partition coefficient (Wildman–Crippen LogP) is 10.2. The first-order valence-corrected chi connectivity index (χ1v) is 12.9. The number of nitrogens with two attached hydrogens (primary N) is 2. The Hall–Kier alpha value is -6.43. The molecule has 12 nitrogen and oxygen atoms in total. The first-order valence-electron chi connectivity index (χ1n) is 12.9. The van der Waals surface area contributed by atoms with E-state index in [0.29, 0.717) is 28.4 Å². The Kier molecular flexibility index (Phi) is 8.68. The van der Waals surface area contributed by atoms with Crippen LogP contribution in [0.4, 0.5) is 56.9 Å². The molecule has 5 aromatic carbocycles. The molecule has 0 saturated heterocycles. The van der Waals surface area contributed by atoms with Crippen LogP contribution < -0.4 is 11.5 Å². The molecule has 0 spiro atoms. The van der Waals surface area contributed by atoms with E-state index in [4.69, 9.17) is 11.5 Å². The lowest BCUT2D eigenvalue weighted by Gasteiger charge is -2.13. The van der Waals surface area contributed by atoms with E-state index in [1.165, 1.54) is 0 Å². The third kappa shape index (κ3) is 7.02. The quantitative estimate of drug-likeness (QED) is 0.118. The predicted molar refractivity (Wildman–Crippen MR) is 165 cm³/mol. The van der Waals surface area contributed by atoms with E-state index in [-0.39, 0.29) is 34.0 Å². The minimum Gasteiger partial charge on any atom is -0.478 e. The van der Waals surface area contributed by atoms with Crippen molar-refractivity contribution in [3.8, 4) is 0 Å². The van der Waals surface area contributed by atoms with Crippen LogP contribution in [0.5, 0.6) is 0 Å². The molecule has 0 fully saturated rings. The number of carbonyl (C=O) groups is 1. The van der Waals surface area contributed by atoms with Crippen LogP contribution in [0.15, 0.2) is 156 Å². The molecule has 0 radical (unpaired) electrons. The van der Waals surface area contributed by atoms with Gasteiger partial charge in [-0.05, 0) is 60.7 Å². The van der Waals surface area contributed by atoms with Crippen LogP contribution in [0.2, 0.25) is 0 Å². The lowest BCUT2D eigenvalue weighted by Crippen LogP contribution is -2.04. The molecule has 0 amide bonds. The Morgan fingerprint density at radius 2 is 0.698 bits per heavy atom. The average Bonchev–Trinajstić information content (AvgIpc) is 3.04. The van der Waals surface area contributed by atoms with Gasteiger partial charge in [-0.3, -0.25) is 0 Å². The van der Waals surface area contributed by atoms with Gasteiger partial charge < -0.3 is 16.6 Å². The zero-order valence-electron chi connectivity index (χ0n) is 22.6. The van der Waals surface area contributed by atoms with Gasteiger partial charge >= 0.3 is 5.97 Å². The largest absolute Gasteiger partial charge is 0.478 e. The highest BCUT2D eigenvalue weighted by atomic mass is 16.4. The van der Waals surface area contributed by atoms with Crippen LogP contribution in [0.1, 0.15) is 10.4 Å². The molecule has 0 aliphatic carbocycles. The fourth-order valence-electron chi connectivity index (χ4n) is 3.78. The van der Waals surface area contributed by atoms with Gasteiger partial charge in [0, 0.05) is 0 Å². The highest BCUT2D eigenvalue weighted by Gasteiger charge is 2.26. The maximum Gasteiger partial charge on any atom is 0.340 e. The molecule has 0 saturated carbocycles. The second-order valence-electron chi connectivity index (χ2n) is 8.88. The average molecular weight is 569 g/mol. The fraction of sp³-hybridized carbons (Fsp3) is 0. The maximum atomic E-state index is 12.5. The van der Waals surface area contributed by atoms with Crippen molar-refractivity contribution in [2.45, 2.75) is 0 Å². The summed E-state index contributed by atoms with van der Waals surface area (Å²) < 4.78 is 0. The van der Waals surface area contributed by atoms with E-state index in [1.807, 2.05) is 42.5 Å². The normalized spacial score (nSPS) is 11.7. The van der Waals surface area contributed by atoms with Gasteiger partial charge in [0.1, 0.15) is 22.6 Å². The minimum absolute atomic E-state index is 0.0125.